The average molecular weight is 236 g/mol. The van der Waals surface area contributed by atoms with Crippen LogP contribution in [-0.4, -0.2) is 25.5 Å². The van der Waals surface area contributed by atoms with Crippen LogP contribution < -0.4 is 4.74 Å². The van der Waals surface area contributed by atoms with Crippen molar-refractivity contribution in [2.75, 3.05) is 13.7 Å². The number of esters is 1. The third-order valence-electron chi connectivity index (χ3n) is 2.32. The number of methoxy groups -OCH3 is 1. The molecule has 0 heterocycles. The van der Waals surface area contributed by atoms with Gasteiger partial charge in [-0.15, -0.1) is 0 Å². The highest BCUT2D eigenvalue weighted by Gasteiger charge is 2.12. The molecule has 1 rings (SSSR count). The average Bonchev–Trinajstić information content (AvgIpc) is 2.35. The van der Waals surface area contributed by atoms with Gasteiger partial charge in [0.05, 0.1) is 12.7 Å². The molecule has 0 N–H and O–H groups in total. The number of carbonyl (C=O) groups excluding carboxylic acids is 2. The number of hydrogen-bond donors (Lipinski definition) is 0. The van der Waals surface area contributed by atoms with E-state index in [1.54, 1.807) is 45.2 Å². The fourth-order valence-corrected chi connectivity index (χ4v) is 1.11. The van der Waals surface area contributed by atoms with E-state index in [1.165, 1.54) is 0 Å². The number of ketones is 1. The lowest BCUT2D eigenvalue weighted by Crippen LogP contribution is -2.18. The van der Waals surface area contributed by atoms with Crippen molar-refractivity contribution in [3.63, 3.8) is 0 Å². The lowest BCUT2D eigenvalue weighted by atomic mass is 10.1. The maximum Gasteiger partial charge on any atom is 0.338 e. The van der Waals surface area contributed by atoms with Crippen LogP contribution in [0.3, 0.4) is 0 Å². The van der Waals surface area contributed by atoms with Crippen molar-refractivity contribution in [2.45, 2.75) is 13.8 Å². The first-order chi connectivity index (χ1) is 8.04. The monoisotopic (exact) mass is 236 g/mol. The van der Waals surface area contributed by atoms with Gasteiger partial charge in [-0.05, 0) is 24.3 Å². The second-order valence-corrected chi connectivity index (χ2v) is 3.93. The van der Waals surface area contributed by atoms with E-state index in [0.29, 0.717) is 11.3 Å². The molecule has 4 nitrogen and oxygen atoms in total. The van der Waals surface area contributed by atoms with Crippen LogP contribution in [0, 0.1) is 5.92 Å². The van der Waals surface area contributed by atoms with Gasteiger partial charge in [0.1, 0.15) is 5.75 Å². The van der Waals surface area contributed by atoms with Gasteiger partial charge in [-0.3, -0.25) is 4.79 Å². The third kappa shape index (κ3) is 3.90. The van der Waals surface area contributed by atoms with Gasteiger partial charge in [0, 0.05) is 5.92 Å². The molecule has 0 aliphatic carbocycles. The lowest BCUT2D eigenvalue weighted by Gasteiger charge is -2.06. The number of Topliss-reactive ketones (excluding diaryl/α,β-unsaturated/α-hetero) is 1. The number of hydrogen-bond acceptors (Lipinski definition) is 4. The van der Waals surface area contributed by atoms with Crippen molar-refractivity contribution >= 4 is 11.8 Å². The Hall–Kier alpha value is -1.84. The summed E-state index contributed by atoms with van der Waals surface area (Å²) in [4.78, 5) is 22.8. The highest BCUT2D eigenvalue weighted by Crippen LogP contribution is 2.12. The van der Waals surface area contributed by atoms with Gasteiger partial charge in [-0.1, -0.05) is 13.8 Å². The number of carbonyl (C=O) groups is 2. The Bertz CT molecular complexity index is 392. The number of ether oxygens (including phenoxy) is 2. The third-order valence-corrected chi connectivity index (χ3v) is 2.32. The summed E-state index contributed by atoms with van der Waals surface area (Å²) in [5.41, 5.74) is 0.405. The van der Waals surface area contributed by atoms with E-state index in [1.807, 2.05) is 0 Å². The maximum atomic E-state index is 11.6. The minimum Gasteiger partial charge on any atom is -0.497 e. The molecule has 0 radical (unpaired) electrons. The summed E-state index contributed by atoms with van der Waals surface area (Å²) >= 11 is 0. The highest BCUT2D eigenvalue weighted by atomic mass is 16.5. The van der Waals surface area contributed by atoms with Crippen molar-refractivity contribution in [1.82, 2.24) is 0 Å². The van der Waals surface area contributed by atoms with Crippen molar-refractivity contribution in [1.29, 1.82) is 0 Å². The molecule has 0 unspecified atom stereocenters. The molecule has 92 valence electrons. The number of benzene rings is 1. The van der Waals surface area contributed by atoms with Crippen molar-refractivity contribution in [2.24, 2.45) is 5.92 Å². The van der Waals surface area contributed by atoms with Crippen LogP contribution in [-0.2, 0) is 9.53 Å². The first kappa shape index (κ1) is 13.2. The molecule has 0 spiro atoms. The van der Waals surface area contributed by atoms with Crippen molar-refractivity contribution < 1.29 is 19.1 Å². The molecule has 0 fully saturated rings. The zero-order valence-corrected chi connectivity index (χ0v) is 10.2. The summed E-state index contributed by atoms with van der Waals surface area (Å²) in [6.45, 7) is 3.36. The predicted octanol–water partition coefficient (Wildman–Crippen LogP) is 2.08. The molecule has 0 saturated carbocycles. The standard InChI is InChI=1S/C13H16O4/c1-9(2)12(14)8-17-13(15)10-4-6-11(16-3)7-5-10/h4-7,9H,8H2,1-3H3. The van der Waals surface area contributed by atoms with E-state index in [0.717, 1.165) is 0 Å². The topological polar surface area (TPSA) is 52.6 Å². The minimum absolute atomic E-state index is 0.0909. The first-order valence-corrected chi connectivity index (χ1v) is 5.38. The second-order valence-electron chi connectivity index (χ2n) is 3.93. The van der Waals surface area contributed by atoms with Gasteiger partial charge < -0.3 is 9.47 Å². The SMILES string of the molecule is COc1ccc(C(=O)OCC(=O)C(C)C)cc1. The van der Waals surface area contributed by atoms with E-state index >= 15 is 0 Å². The largest absolute Gasteiger partial charge is 0.497 e. The Morgan fingerprint density at radius 3 is 2.24 bits per heavy atom. The molecule has 0 aromatic heterocycles. The Balaban J connectivity index is 2.55. The normalized spacial score (nSPS) is 10.1. The van der Waals surface area contributed by atoms with Gasteiger partial charge in [0.15, 0.2) is 12.4 Å². The fourth-order valence-electron chi connectivity index (χ4n) is 1.11. The molecule has 1 aromatic rings. The Labute approximate surface area is 101 Å². The van der Waals surface area contributed by atoms with E-state index in [9.17, 15) is 9.59 Å². The summed E-state index contributed by atoms with van der Waals surface area (Å²) in [5, 5.41) is 0. The van der Waals surface area contributed by atoms with Crippen LogP contribution in [0.4, 0.5) is 0 Å². The molecular weight excluding hydrogens is 220 g/mol. The molecule has 0 aliphatic heterocycles. The Morgan fingerprint density at radius 1 is 1.18 bits per heavy atom. The van der Waals surface area contributed by atoms with E-state index in [-0.39, 0.29) is 18.3 Å². The van der Waals surface area contributed by atoms with Crippen molar-refractivity contribution in [3.8, 4) is 5.75 Å². The molecule has 0 atom stereocenters. The van der Waals surface area contributed by atoms with Crippen LogP contribution in [0.5, 0.6) is 5.75 Å². The molecule has 0 bridgehead atoms. The summed E-state index contributed by atoms with van der Waals surface area (Å²) < 4.78 is 9.87. The smallest absolute Gasteiger partial charge is 0.338 e. The van der Waals surface area contributed by atoms with E-state index in [2.05, 4.69) is 0 Å². The zero-order chi connectivity index (χ0) is 12.8. The molecular formula is C13H16O4. The van der Waals surface area contributed by atoms with Gasteiger partial charge in [0.25, 0.3) is 0 Å². The lowest BCUT2D eigenvalue weighted by molar-refractivity contribution is -0.125. The quantitative estimate of drug-likeness (QED) is 0.734. The molecule has 17 heavy (non-hydrogen) atoms. The first-order valence-electron chi connectivity index (χ1n) is 5.38. The number of rotatable bonds is 5. The Morgan fingerprint density at radius 2 is 1.76 bits per heavy atom. The summed E-state index contributed by atoms with van der Waals surface area (Å²) in [6, 6.07) is 6.53. The Kier molecular flexibility index (Phi) is 4.69. The summed E-state index contributed by atoms with van der Waals surface area (Å²) in [5.74, 6) is -0.0491. The van der Waals surface area contributed by atoms with Crippen LogP contribution in [0.25, 0.3) is 0 Å². The zero-order valence-electron chi connectivity index (χ0n) is 10.2. The fraction of sp³-hybridized carbons (Fsp3) is 0.385. The minimum atomic E-state index is -0.498. The molecule has 0 saturated heterocycles. The molecule has 0 amide bonds. The molecule has 1 aromatic carbocycles. The van der Waals surface area contributed by atoms with Gasteiger partial charge in [0.2, 0.25) is 0 Å². The summed E-state index contributed by atoms with van der Waals surface area (Å²) in [6.07, 6.45) is 0. The van der Waals surface area contributed by atoms with Crippen molar-refractivity contribution in [3.05, 3.63) is 29.8 Å². The second kappa shape index (κ2) is 6.03. The van der Waals surface area contributed by atoms with Gasteiger partial charge in [-0.25, -0.2) is 4.79 Å². The highest BCUT2D eigenvalue weighted by molar-refractivity contribution is 5.92. The van der Waals surface area contributed by atoms with Crippen LogP contribution in [0.2, 0.25) is 0 Å². The van der Waals surface area contributed by atoms with Crippen LogP contribution >= 0.6 is 0 Å². The van der Waals surface area contributed by atoms with E-state index in [4.69, 9.17) is 9.47 Å². The van der Waals surface area contributed by atoms with Gasteiger partial charge >= 0.3 is 5.97 Å². The van der Waals surface area contributed by atoms with Gasteiger partial charge in [-0.2, -0.15) is 0 Å². The molecule has 0 aliphatic rings. The molecule has 4 heteroatoms. The van der Waals surface area contributed by atoms with E-state index < -0.39 is 5.97 Å². The predicted molar refractivity (Wildman–Crippen MR) is 63.1 cm³/mol. The van der Waals surface area contributed by atoms with Crippen LogP contribution in [0.15, 0.2) is 24.3 Å². The summed E-state index contributed by atoms with van der Waals surface area (Å²) in [7, 11) is 1.55. The maximum absolute atomic E-state index is 11.6. The van der Waals surface area contributed by atoms with Crippen LogP contribution in [0.1, 0.15) is 24.2 Å².